The van der Waals surface area contributed by atoms with Crippen molar-refractivity contribution in [3.8, 4) is 11.1 Å². The van der Waals surface area contributed by atoms with Gasteiger partial charge in [-0.15, -0.1) is 0 Å². The molecule has 2 heterocycles. The maximum absolute atomic E-state index is 11.9. The van der Waals surface area contributed by atoms with Crippen LogP contribution in [0.3, 0.4) is 0 Å². The summed E-state index contributed by atoms with van der Waals surface area (Å²) in [7, 11) is 1.61. The van der Waals surface area contributed by atoms with Gasteiger partial charge in [0.25, 0.3) is 5.91 Å². The molecular formula is C21H17N5O2. The minimum atomic E-state index is -0.469. The van der Waals surface area contributed by atoms with Crippen molar-refractivity contribution in [2.24, 2.45) is 0 Å². The first-order valence-corrected chi connectivity index (χ1v) is 8.69. The summed E-state index contributed by atoms with van der Waals surface area (Å²) in [6, 6.07) is 18.7. The molecular weight excluding hydrogens is 354 g/mol. The lowest BCUT2D eigenvalue weighted by atomic mass is 10.0. The van der Waals surface area contributed by atoms with Crippen LogP contribution >= 0.6 is 0 Å². The van der Waals surface area contributed by atoms with E-state index in [4.69, 9.17) is 0 Å². The molecule has 4 rings (SSSR count). The number of amides is 1. The maximum atomic E-state index is 11.9. The van der Waals surface area contributed by atoms with Crippen molar-refractivity contribution < 1.29 is 4.79 Å². The predicted molar refractivity (Wildman–Crippen MR) is 109 cm³/mol. The number of H-pyrrole nitrogens is 1. The Balaban J connectivity index is 1.71. The van der Waals surface area contributed by atoms with Crippen molar-refractivity contribution >= 4 is 28.4 Å². The number of hydrogen-bond donors (Lipinski definition) is 3. The molecule has 0 unspecified atom stereocenters. The molecule has 3 N–H and O–H groups in total. The zero-order valence-corrected chi connectivity index (χ0v) is 15.1. The van der Waals surface area contributed by atoms with Crippen molar-refractivity contribution in [3.05, 3.63) is 82.9 Å². The molecule has 0 atom stereocenters. The van der Waals surface area contributed by atoms with Gasteiger partial charge >= 0.3 is 5.69 Å². The highest BCUT2D eigenvalue weighted by Crippen LogP contribution is 2.26. The number of carbonyl (C=O) groups is 1. The minimum Gasteiger partial charge on any atom is -0.355 e. The summed E-state index contributed by atoms with van der Waals surface area (Å²) in [5, 5.41) is 6.58. The number of anilines is 2. The van der Waals surface area contributed by atoms with E-state index in [-0.39, 0.29) is 5.91 Å². The normalized spacial score (nSPS) is 10.6. The molecule has 1 amide bonds. The Morgan fingerprint density at radius 3 is 2.61 bits per heavy atom. The third-order valence-electron chi connectivity index (χ3n) is 4.31. The van der Waals surface area contributed by atoms with Crippen LogP contribution in [0.15, 0.2) is 71.7 Å². The first-order chi connectivity index (χ1) is 13.6. The van der Waals surface area contributed by atoms with Crippen LogP contribution < -0.4 is 16.3 Å². The summed E-state index contributed by atoms with van der Waals surface area (Å²) < 4.78 is 0. The van der Waals surface area contributed by atoms with E-state index in [0.29, 0.717) is 22.4 Å². The third-order valence-corrected chi connectivity index (χ3v) is 4.31. The number of hydrogen-bond acceptors (Lipinski definition) is 5. The van der Waals surface area contributed by atoms with Gasteiger partial charge in [0.05, 0.1) is 5.39 Å². The van der Waals surface area contributed by atoms with Crippen LogP contribution in [0.2, 0.25) is 0 Å². The molecule has 0 aliphatic rings. The van der Waals surface area contributed by atoms with Crippen molar-refractivity contribution in [1.82, 2.24) is 20.3 Å². The Bertz CT molecular complexity index is 1230. The first kappa shape index (κ1) is 17.4. The van der Waals surface area contributed by atoms with Crippen LogP contribution in [-0.4, -0.2) is 27.9 Å². The van der Waals surface area contributed by atoms with E-state index in [2.05, 4.69) is 25.6 Å². The van der Waals surface area contributed by atoms with E-state index in [1.807, 2.05) is 48.5 Å². The number of fused-ring (bicyclic) bond motifs is 1. The molecule has 0 aliphatic carbocycles. The number of nitrogens with zero attached hydrogens (tertiary/aromatic N) is 2. The van der Waals surface area contributed by atoms with E-state index in [0.717, 1.165) is 16.8 Å². The zero-order chi connectivity index (χ0) is 19.5. The largest absolute Gasteiger partial charge is 0.355 e. The Labute approximate surface area is 160 Å². The third kappa shape index (κ3) is 3.45. The average Bonchev–Trinajstić information content (AvgIpc) is 2.73. The SMILES string of the molecule is CNC(=O)c1cccc(-c2cccc(Nc3[nH]c(=O)nc4ncccc34)c2)c1. The molecule has 138 valence electrons. The summed E-state index contributed by atoms with van der Waals surface area (Å²) in [5.74, 6) is 0.392. The lowest BCUT2D eigenvalue weighted by Gasteiger charge is -2.11. The van der Waals surface area contributed by atoms with Gasteiger partial charge in [0.1, 0.15) is 5.82 Å². The Morgan fingerprint density at radius 2 is 1.79 bits per heavy atom. The fraction of sp³-hybridized carbons (Fsp3) is 0.0476. The number of nitrogens with one attached hydrogen (secondary N) is 3. The van der Waals surface area contributed by atoms with Crippen LogP contribution in [0.1, 0.15) is 10.4 Å². The van der Waals surface area contributed by atoms with Crippen LogP contribution in [0, 0.1) is 0 Å². The molecule has 0 radical (unpaired) electrons. The smallest absolute Gasteiger partial charge is 0.348 e. The molecule has 28 heavy (non-hydrogen) atoms. The molecule has 0 aliphatic heterocycles. The van der Waals surface area contributed by atoms with Gasteiger partial charge in [-0.3, -0.25) is 9.78 Å². The average molecular weight is 371 g/mol. The summed E-state index contributed by atoms with van der Waals surface area (Å²) in [5.41, 5.74) is 3.14. The monoisotopic (exact) mass is 371 g/mol. The van der Waals surface area contributed by atoms with E-state index in [9.17, 15) is 9.59 Å². The van der Waals surface area contributed by atoms with Gasteiger partial charge in [-0.1, -0.05) is 24.3 Å². The molecule has 2 aromatic heterocycles. The van der Waals surface area contributed by atoms with E-state index in [1.54, 1.807) is 25.4 Å². The fourth-order valence-corrected chi connectivity index (χ4v) is 2.98. The van der Waals surface area contributed by atoms with Crippen molar-refractivity contribution in [2.75, 3.05) is 12.4 Å². The number of carbonyl (C=O) groups excluding carboxylic acids is 1. The zero-order valence-electron chi connectivity index (χ0n) is 15.1. The summed E-state index contributed by atoms with van der Waals surface area (Å²) in [4.78, 5) is 34.5. The topological polar surface area (TPSA) is 99.8 Å². The first-order valence-electron chi connectivity index (χ1n) is 8.69. The van der Waals surface area contributed by atoms with Gasteiger partial charge in [-0.05, 0) is 47.5 Å². The molecule has 7 heteroatoms. The van der Waals surface area contributed by atoms with Crippen LogP contribution in [0.25, 0.3) is 22.2 Å². The van der Waals surface area contributed by atoms with Crippen LogP contribution in [-0.2, 0) is 0 Å². The second-order valence-corrected chi connectivity index (χ2v) is 6.16. The van der Waals surface area contributed by atoms with Crippen molar-refractivity contribution in [1.29, 1.82) is 0 Å². The quantitative estimate of drug-likeness (QED) is 0.512. The summed E-state index contributed by atoms with van der Waals surface area (Å²) in [6.07, 6.45) is 1.60. The Hall–Kier alpha value is -4.00. The fourth-order valence-electron chi connectivity index (χ4n) is 2.98. The highest BCUT2D eigenvalue weighted by Gasteiger charge is 2.08. The molecule has 0 saturated carbocycles. The van der Waals surface area contributed by atoms with Crippen molar-refractivity contribution in [2.45, 2.75) is 0 Å². The molecule has 2 aromatic carbocycles. The maximum Gasteiger partial charge on any atom is 0.348 e. The number of aromatic amines is 1. The number of aromatic nitrogens is 3. The van der Waals surface area contributed by atoms with Crippen molar-refractivity contribution in [3.63, 3.8) is 0 Å². The van der Waals surface area contributed by atoms with Gasteiger partial charge in [-0.25, -0.2) is 9.78 Å². The number of rotatable bonds is 4. The molecule has 0 bridgehead atoms. The lowest BCUT2D eigenvalue weighted by Crippen LogP contribution is -2.17. The second kappa shape index (κ2) is 7.32. The van der Waals surface area contributed by atoms with Gasteiger partial charge in [0.15, 0.2) is 5.65 Å². The standard InChI is InChI=1S/C21H17N5O2/c1-22-20(27)15-7-2-5-13(11-15)14-6-3-8-16(12-14)24-19-17-9-4-10-23-18(17)25-21(28)26-19/h2-12H,1H3,(H,22,27)(H2,23,24,25,26,28). The number of benzene rings is 2. The summed E-state index contributed by atoms with van der Waals surface area (Å²) in [6.45, 7) is 0. The lowest BCUT2D eigenvalue weighted by molar-refractivity contribution is 0.0963. The van der Waals surface area contributed by atoms with Gasteiger partial charge in [-0.2, -0.15) is 4.98 Å². The Kier molecular flexibility index (Phi) is 4.55. The van der Waals surface area contributed by atoms with E-state index < -0.39 is 5.69 Å². The highest BCUT2D eigenvalue weighted by atomic mass is 16.1. The molecule has 0 saturated heterocycles. The summed E-state index contributed by atoms with van der Waals surface area (Å²) >= 11 is 0. The van der Waals surface area contributed by atoms with Crippen LogP contribution in [0.5, 0.6) is 0 Å². The molecule has 0 fully saturated rings. The van der Waals surface area contributed by atoms with Gasteiger partial charge < -0.3 is 10.6 Å². The van der Waals surface area contributed by atoms with E-state index in [1.165, 1.54) is 0 Å². The molecule has 0 spiro atoms. The Morgan fingerprint density at radius 1 is 1.00 bits per heavy atom. The molecule has 4 aromatic rings. The van der Waals surface area contributed by atoms with E-state index >= 15 is 0 Å². The molecule has 7 nitrogen and oxygen atoms in total. The van der Waals surface area contributed by atoms with Crippen LogP contribution in [0.4, 0.5) is 11.5 Å². The minimum absolute atomic E-state index is 0.135. The highest BCUT2D eigenvalue weighted by molar-refractivity contribution is 5.95. The van der Waals surface area contributed by atoms with Gasteiger partial charge in [0.2, 0.25) is 0 Å². The predicted octanol–water partition coefficient (Wildman–Crippen LogP) is 3.09. The number of pyridine rings is 1. The second-order valence-electron chi connectivity index (χ2n) is 6.16. The van der Waals surface area contributed by atoms with Gasteiger partial charge in [0, 0.05) is 24.5 Å².